The Morgan fingerprint density at radius 3 is 0.714 bits per heavy atom. The van der Waals surface area contributed by atoms with Gasteiger partial charge in [0.25, 0.3) is 0 Å². The van der Waals surface area contributed by atoms with Crippen LogP contribution in [0.5, 0.6) is 0 Å². The summed E-state index contributed by atoms with van der Waals surface area (Å²) in [4.78, 5) is 67.1. The van der Waals surface area contributed by atoms with E-state index in [4.69, 9.17) is 60.5 Å². The highest BCUT2D eigenvalue weighted by molar-refractivity contribution is 5.86. The van der Waals surface area contributed by atoms with Gasteiger partial charge >= 0.3 is 35.8 Å². The minimum absolute atomic E-state index is 0.0712. The van der Waals surface area contributed by atoms with Crippen molar-refractivity contribution in [1.82, 2.24) is 0 Å². The first-order valence-corrected chi connectivity index (χ1v) is 15.6. The number of ether oxygens (including phenoxy) is 1. The van der Waals surface area contributed by atoms with Gasteiger partial charge in [-0.15, -0.1) is 0 Å². The lowest BCUT2D eigenvalue weighted by Crippen LogP contribution is -2.43. The summed E-state index contributed by atoms with van der Waals surface area (Å²) in [6.07, 6.45) is 0. The Hall–Kier alpha value is -5.06. The molecule has 0 atom stereocenters. The quantitative estimate of drug-likeness (QED) is 0.0383. The number of carbonyl (C=O) groups is 6. The summed E-state index contributed by atoms with van der Waals surface area (Å²) in [6, 6.07) is 0. The van der Waals surface area contributed by atoms with Crippen LogP contribution < -0.4 is 0 Å². The molecule has 326 valence electrons. The molecule has 0 amide bonds. The molecule has 11 N–H and O–H groups in total. The van der Waals surface area contributed by atoms with Crippen LogP contribution in [0.2, 0.25) is 0 Å². The molecular weight excluding hydrogens is 752 g/mol. The summed E-state index contributed by atoms with van der Waals surface area (Å²) in [5.74, 6) is -5.61. The first kappa shape index (κ1) is 65.8. The number of carboxylic acid groups (broad SMARTS) is 6. The minimum Gasteiger partial charge on any atom is -0.478 e. The van der Waals surface area contributed by atoms with Gasteiger partial charge in [0.1, 0.15) is 0 Å². The molecule has 0 spiro atoms. The Morgan fingerprint density at radius 2 is 0.571 bits per heavy atom. The monoisotopic (exact) mass is 814 g/mol. The van der Waals surface area contributed by atoms with E-state index in [1.165, 1.54) is 41.5 Å². The summed E-state index contributed by atoms with van der Waals surface area (Å²) in [5.41, 5.74) is -1.15. The van der Waals surface area contributed by atoms with Crippen molar-refractivity contribution in [3.8, 4) is 0 Å². The van der Waals surface area contributed by atoms with E-state index in [0.717, 1.165) is 0 Å². The zero-order valence-electron chi connectivity index (χ0n) is 33.2. The summed E-state index contributed by atoms with van der Waals surface area (Å²) < 4.78 is 5.31. The lowest BCUT2D eigenvalue weighted by Gasteiger charge is -2.32. The van der Waals surface area contributed by atoms with Crippen LogP contribution in [0.1, 0.15) is 48.5 Å². The van der Waals surface area contributed by atoms with Crippen LogP contribution in [0.4, 0.5) is 0 Å². The molecule has 0 aromatic rings. The van der Waals surface area contributed by atoms with Crippen molar-refractivity contribution < 1.29 is 99.5 Å². The summed E-state index contributed by atoms with van der Waals surface area (Å²) in [7, 11) is 0. The van der Waals surface area contributed by atoms with Gasteiger partial charge < -0.3 is 60.9 Å². The van der Waals surface area contributed by atoms with Crippen LogP contribution in [0.15, 0.2) is 72.9 Å². The summed E-state index contributed by atoms with van der Waals surface area (Å²) >= 11 is 0. The highest BCUT2D eigenvalue weighted by Crippen LogP contribution is 2.21. The number of carboxylic acids is 6. The van der Waals surface area contributed by atoms with Gasteiger partial charge in [0.05, 0.1) is 70.3 Å². The third-order valence-electron chi connectivity index (χ3n) is 5.25. The first-order chi connectivity index (χ1) is 25.4. The molecule has 0 radical (unpaired) electrons. The zero-order valence-corrected chi connectivity index (χ0v) is 33.2. The van der Waals surface area contributed by atoms with Gasteiger partial charge in [0.15, 0.2) is 0 Å². The van der Waals surface area contributed by atoms with E-state index in [1.54, 1.807) is 6.92 Å². The fourth-order valence-electron chi connectivity index (χ4n) is 1.30. The Balaban J connectivity index is -0.000000111. The molecule has 0 unspecified atom stereocenters. The standard InChI is InChI=1S/C12H26O8.6C4H6O2/c1-2-19-20-10-12(6-16,7-17)9-18-8-11(3-13,4-14)5-15;6*1-3(2)4(5)6/h13-17H,2-10H2,1H3;6*1H2,2H3,(H,5,6). The predicted octanol–water partition coefficient (Wildman–Crippen LogP) is 1.79. The van der Waals surface area contributed by atoms with E-state index in [0.29, 0.717) is 6.61 Å². The largest absolute Gasteiger partial charge is 0.478 e. The maximum absolute atomic E-state index is 9.60. The second kappa shape index (κ2) is 39.6. The van der Waals surface area contributed by atoms with E-state index in [2.05, 4.69) is 39.5 Å². The molecule has 0 saturated carbocycles. The molecule has 0 aliphatic heterocycles. The van der Waals surface area contributed by atoms with Crippen LogP contribution >= 0.6 is 0 Å². The Labute approximate surface area is 326 Å². The molecular formula is C36H62O20. The minimum atomic E-state index is -1.16. The van der Waals surface area contributed by atoms with Crippen molar-refractivity contribution in [3.63, 3.8) is 0 Å². The molecule has 0 fully saturated rings. The number of aliphatic hydroxyl groups is 5. The number of hydrogen-bond donors (Lipinski definition) is 11. The Morgan fingerprint density at radius 1 is 0.393 bits per heavy atom. The van der Waals surface area contributed by atoms with Gasteiger partial charge in [-0.3, -0.25) is 0 Å². The summed E-state index contributed by atoms with van der Waals surface area (Å²) in [6.45, 7) is 27.3. The fraction of sp³-hybridized carbons (Fsp3) is 0.500. The molecule has 20 nitrogen and oxygen atoms in total. The highest BCUT2D eigenvalue weighted by Gasteiger charge is 2.34. The maximum atomic E-state index is 9.60. The third kappa shape index (κ3) is 48.9. The van der Waals surface area contributed by atoms with Crippen molar-refractivity contribution in [2.24, 2.45) is 10.8 Å². The van der Waals surface area contributed by atoms with Gasteiger partial charge in [-0.1, -0.05) is 39.5 Å². The summed E-state index contributed by atoms with van der Waals surface area (Å²) in [5, 5.41) is 93.5. The number of aliphatic carboxylic acids is 6. The zero-order chi connectivity index (χ0) is 46.4. The van der Waals surface area contributed by atoms with Gasteiger partial charge in [0.2, 0.25) is 0 Å². The van der Waals surface area contributed by atoms with Gasteiger partial charge in [-0.05, 0) is 48.5 Å². The van der Waals surface area contributed by atoms with Crippen LogP contribution in [-0.4, -0.2) is 151 Å². The van der Waals surface area contributed by atoms with Crippen molar-refractivity contribution in [1.29, 1.82) is 0 Å². The van der Waals surface area contributed by atoms with E-state index >= 15 is 0 Å². The van der Waals surface area contributed by atoms with E-state index in [-0.39, 0.29) is 66.5 Å². The van der Waals surface area contributed by atoms with Crippen molar-refractivity contribution >= 4 is 35.8 Å². The molecule has 0 aliphatic carbocycles. The third-order valence-corrected chi connectivity index (χ3v) is 5.25. The second-order valence-electron chi connectivity index (χ2n) is 11.5. The average Bonchev–Trinajstić information content (AvgIpc) is 3.11. The Kier molecular flexibility index (Phi) is 46.6. The van der Waals surface area contributed by atoms with Crippen LogP contribution in [0, 0.1) is 10.8 Å². The van der Waals surface area contributed by atoms with E-state index < -0.39 is 66.5 Å². The molecule has 0 bridgehead atoms. The fourth-order valence-corrected chi connectivity index (χ4v) is 1.30. The molecule has 0 rings (SSSR count). The predicted molar refractivity (Wildman–Crippen MR) is 203 cm³/mol. The maximum Gasteiger partial charge on any atom is 0.330 e. The molecule has 0 saturated heterocycles. The van der Waals surface area contributed by atoms with Gasteiger partial charge in [-0.2, -0.15) is 0 Å². The first-order valence-electron chi connectivity index (χ1n) is 15.6. The van der Waals surface area contributed by atoms with Crippen molar-refractivity contribution in [2.75, 3.05) is 59.5 Å². The normalized spacial score (nSPS) is 9.43. The topological polar surface area (TPSA) is 353 Å². The SMILES string of the molecule is C=C(C)C(=O)O.C=C(C)C(=O)O.C=C(C)C(=O)O.C=C(C)C(=O)O.C=C(C)C(=O)O.C=C(C)C(=O)O.CCOOCC(CO)(CO)COCC(CO)(CO)CO. The van der Waals surface area contributed by atoms with Gasteiger partial charge in [-0.25, -0.2) is 38.5 Å². The molecule has 0 aliphatic rings. The highest BCUT2D eigenvalue weighted by atomic mass is 17.2. The lowest BCUT2D eigenvalue weighted by atomic mass is 9.91. The van der Waals surface area contributed by atoms with Gasteiger partial charge in [0, 0.05) is 33.4 Å². The van der Waals surface area contributed by atoms with Crippen LogP contribution in [0.3, 0.4) is 0 Å². The van der Waals surface area contributed by atoms with Crippen LogP contribution in [-0.2, 0) is 43.3 Å². The van der Waals surface area contributed by atoms with Crippen LogP contribution in [0.25, 0.3) is 0 Å². The lowest BCUT2D eigenvalue weighted by molar-refractivity contribution is -0.314. The average molecular weight is 815 g/mol. The molecule has 0 aromatic carbocycles. The Bertz CT molecular complexity index is 991. The van der Waals surface area contributed by atoms with Crippen molar-refractivity contribution in [2.45, 2.75) is 48.5 Å². The molecule has 0 aromatic heterocycles. The van der Waals surface area contributed by atoms with Crippen molar-refractivity contribution in [3.05, 3.63) is 72.9 Å². The van der Waals surface area contributed by atoms with E-state index in [1.807, 2.05) is 0 Å². The number of aliphatic hydroxyl groups excluding tert-OH is 5. The molecule has 56 heavy (non-hydrogen) atoms. The number of hydrogen-bond acceptors (Lipinski definition) is 14. The smallest absolute Gasteiger partial charge is 0.330 e. The van der Waals surface area contributed by atoms with E-state index in [9.17, 15) is 39.0 Å². The molecule has 20 heteroatoms. The molecule has 0 heterocycles. The number of rotatable bonds is 19. The second-order valence-corrected chi connectivity index (χ2v) is 11.5.